The van der Waals surface area contributed by atoms with Crippen molar-refractivity contribution in [3.05, 3.63) is 34.9 Å². The summed E-state index contributed by atoms with van der Waals surface area (Å²) >= 11 is 0. The van der Waals surface area contributed by atoms with Crippen molar-refractivity contribution in [2.75, 3.05) is 7.11 Å². The van der Waals surface area contributed by atoms with Gasteiger partial charge in [0.05, 0.1) is 7.11 Å². The van der Waals surface area contributed by atoms with Crippen LogP contribution in [0.15, 0.2) is 23.8 Å². The zero-order valence-corrected chi connectivity index (χ0v) is 11.0. The summed E-state index contributed by atoms with van der Waals surface area (Å²) in [6, 6.07) is 5.92. The highest BCUT2D eigenvalue weighted by Crippen LogP contribution is 2.37. The van der Waals surface area contributed by atoms with Gasteiger partial charge in [0.15, 0.2) is 0 Å². The Morgan fingerprint density at radius 1 is 1.33 bits per heavy atom. The summed E-state index contributed by atoms with van der Waals surface area (Å²) in [7, 11) is 1.63. The fourth-order valence-corrected chi connectivity index (χ4v) is 2.59. The number of fused-ring (bicyclic) bond motifs is 1. The Labute approximate surface area is 107 Å². The van der Waals surface area contributed by atoms with Gasteiger partial charge in [-0.3, -0.25) is 0 Å². The van der Waals surface area contributed by atoms with Crippen molar-refractivity contribution < 1.29 is 14.6 Å². The van der Waals surface area contributed by atoms with E-state index in [9.17, 15) is 9.90 Å². The minimum absolute atomic E-state index is 0.197. The second kappa shape index (κ2) is 4.84. The Hall–Kier alpha value is -1.77. The molecule has 2 rings (SSSR count). The largest absolute Gasteiger partial charge is 0.497 e. The van der Waals surface area contributed by atoms with Gasteiger partial charge < -0.3 is 9.84 Å². The number of hydrogen-bond acceptors (Lipinski definition) is 2. The summed E-state index contributed by atoms with van der Waals surface area (Å²) in [5.41, 5.74) is 3.74. The standard InChI is InChI=1S/C15H18O3/c1-9(2)14-12(15(16)17)7-5-10-4-6-11(18-3)8-13(10)14/h4,6,8-9H,5,7H2,1-3H3,(H,16,17). The monoisotopic (exact) mass is 246 g/mol. The summed E-state index contributed by atoms with van der Waals surface area (Å²) in [4.78, 5) is 11.3. The number of aliphatic carboxylic acids is 1. The molecule has 1 aliphatic rings. The molecule has 1 aromatic rings. The van der Waals surface area contributed by atoms with Gasteiger partial charge in [0.2, 0.25) is 0 Å². The molecule has 0 saturated carbocycles. The maximum atomic E-state index is 11.3. The molecule has 0 amide bonds. The number of methoxy groups -OCH3 is 1. The number of aryl methyl sites for hydroxylation is 1. The second-order valence-electron chi connectivity index (χ2n) is 4.88. The number of hydrogen-bond donors (Lipinski definition) is 1. The smallest absolute Gasteiger partial charge is 0.331 e. The molecule has 18 heavy (non-hydrogen) atoms. The summed E-state index contributed by atoms with van der Waals surface area (Å²) in [6.45, 7) is 4.07. The Bertz CT molecular complexity index is 512. The van der Waals surface area contributed by atoms with Crippen LogP contribution in [0.25, 0.3) is 5.57 Å². The highest BCUT2D eigenvalue weighted by Gasteiger charge is 2.25. The maximum Gasteiger partial charge on any atom is 0.331 e. The van der Waals surface area contributed by atoms with E-state index in [0.29, 0.717) is 12.0 Å². The lowest BCUT2D eigenvalue weighted by atomic mass is 9.80. The van der Waals surface area contributed by atoms with Gasteiger partial charge in [-0.05, 0) is 47.6 Å². The van der Waals surface area contributed by atoms with E-state index in [1.807, 2.05) is 32.0 Å². The molecule has 1 N–H and O–H groups in total. The molecule has 0 unspecified atom stereocenters. The maximum absolute atomic E-state index is 11.3. The predicted molar refractivity (Wildman–Crippen MR) is 70.7 cm³/mol. The van der Waals surface area contributed by atoms with E-state index in [2.05, 4.69) is 0 Å². The van der Waals surface area contributed by atoms with E-state index in [4.69, 9.17) is 4.74 Å². The minimum atomic E-state index is -0.799. The minimum Gasteiger partial charge on any atom is -0.497 e. The molecule has 0 saturated heterocycles. The van der Waals surface area contributed by atoms with Crippen LogP contribution in [0.5, 0.6) is 5.75 Å². The summed E-state index contributed by atoms with van der Waals surface area (Å²) < 4.78 is 5.23. The van der Waals surface area contributed by atoms with Crippen molar-refractivity contribution in [3.8, 4) is 5.75 Å². The average Bonchev–Trinajstić information content (AvgIpc) is 2.36. The van der Waals surface area contributed by atoms with Gasteiger partial charge in [-0.25, -0.2) is 4.79 Å². The van der Waals surface area contributed by atoms with Crippen LogP contribution in [-0.4, -0.2) is 18.2 Å². The van der Waals surface area contributed by atoms with Gasteiger partial charge in [0.1, 0.15) is 5.75 Å². The zero-order chi connectivity index (χ0) is 13.3. The average molecular weight is 246 g/mol. The molecule has 0 fully saturated rings. The first kappa shape index (κ1) is 12.7. The molecule has 0 aliphatic heterocycles. The molecule has 0 radical (unpaired) electrons. The van der Waals surface area contributed by atoms with Crippen molar-refractivity contribution in [1.82, 2.24) is 0 Å². The normalized spacial score (nSPS) is 14.7. The molecule has 1 aromatic carbocycles. The Kier molecular flexibility index (Phi) is 3.41. The fraction of sp³-hybridized carbons (Fsp3) is 0.400. The molecule has 0 heterocycles. The molecule has 96 valence electrons. The van der Waals surface area contributed by atoms with Crippen LogP contribution in [0.3, 0.4) is 0 Å². The molecular weight excluding hydrogens is 228 g/mol. The third kappa shape index (κ3) is 2.13. The van der Waals surface area contributed by atoms with Gasteiger partial charge in [-0.1, -0.05) is 19.9 Å². The number of carboxylic acids is 1. The number of allylic oxidation sites excluding steroid dienone is 1. The van der Waals surface area contributed by atoms with E-state index in [0.717, 1.165) is 23.3 Å². The van der Waals surface area contributed by atoms with Gasteiger partial charge in [0, 0.05) is 5.57 Å². The Morgan fingerprint density at radius 2 is 2.06 bits per heavy atom. The van der Waals surface area contributed by atoms with Crippen LogP contribution in [0, 0.1) is 5.92 Å². The van der Waals surface area contributed by atoms with Crippen LogP contribution in [0.1, 0.15) is 31.4 Å². The highest BCUT2D eigenvalue weighted by molar-refractivity contribution is 5.98. The van der Waals surface area contributed by atoms with E-state index >= 15 is 0 Å². The molecular formula is C15H18O3. The van der Waals surface area contributed by atoms with E-state index in [1.165, 1.54) is 5.56 Å². The Morgan fingerprint density at radius 3 is 2.61 bits per heavy atom. The fourth-order valence-electron chi connectivity index (χ4n) is 2.59. The summed E-state index contributed by atoms with van der Waals surface area (Å²) in [6.07, 6.45) is 1.40. The lowest BCUT2D eigenvalue weighted by molar-refractivity contribution is -0.132. The quantitative estimate of drug-likeness (QED) is 0.891. The van der Waals surface area contributed by atoms with Crippen LogP contribution in [0.2, 0.25) is 0 Å². The Balaban J connectivity index is 2.63. The summed E-state index contributed by atoms with van der Waals surface area (Å²) in [5, 5.41) is 9.32. The SMILES string of the molecule is COc1ccc2c(c1)C(C(C)C)=C(C(=O)O)CC2. The van der Waals surface area contributed by atoms with E-state index in [1.54, 1.807) is 7.11 Å². The van der Waals surface area contributed by atoms with Gasteiger partial charge in [-0.15, -0.1) is 0 Å². The molecule has 3 heteroatoms. The second-order valence-corrected chi connectivity index (χ2v) is 4.88. The first-order valence-corrected chi connectivity index (χ1v) is 6.18. The first-order chi connectivity index (χ1) is 8.54. The molecule has 0 atom stereocenters. The van der Waals surface area contributed by atoms with Crippen molar-refractivity contribution in [1.29, 1.82) is 0 Å². The predicted octanol–water partition coefficient (Wildman–Crippen LogP) is 3.14. The first-order valence-electron chi connectivity index (χ1n) is 6.18. The third-order valence-corrected chi connectivity index (χ3v) is 3.41. The van der Waals surface area contributed by atoms with Crippen LogP contribution >= 0.6 is 0 Å². The van der Waals surface area contributed by atoms with Crippen LogP contribution in [-0.2, 0) is 11.2 Å². The van der Waals surface area contributed by atoms with Crippen molar-refractivity contribution in [2.45, 2.75) is 26.7 Å². The van der Waals surface area contributed by atoms with Crippen molar-refractivity contribution in [2.24, 2.45) is 5.92 Å². The molecule has 0 bridgehead atoms. The van der Waals surface area contributed by atoms with Crippen molar-refractivity contribution in [3.63, 3.8) is 0 Å². The number of rotatable bonds is 3. The third-order valence-electron chi connectivity index (χ3n) is 3.41. The highest BCUT2D eigenvalue weighted by atomic mass is 16.5. The van der Waals surface area contributed by atoms with E-state index in [-0.39, 0.29) is 5.92 Å². The molecule has 3 nitrogen and oxygen atoms in total. The van der Waals surface area contributed by atoms with Crippen molar-refractivity contribution >= 4 is 11.5 Å². The van der Waals surface area contributed by atoms with Gasteiger partial charge in [0.25, 0.3) is 0 Å². The topological polar surface area (TPSA) is 46.5 Å². The summed E-state index contributed by atoms with van der Waals surface area (Å²) in [5.74, 6) is 0.174. The molecule has 1 aliphatic carbocycles. The number of ether oxygens (including phenoxy) is 1. The van der Waals surface area contributed by atoms with Gasteiger partial charge >= 0.3 is 5.97 Å². The number of carboxylic acid groups (broad SMARTS) is 1. The van der Waals surface area contributed by atoms with Gasteiger partial charge in [-0.2, -0.15) is 0 Å². The lowest BCUT2D eigenvalue weighted by Gasteiger charge is -2.24. The zero-order valence-electron chi connectivity index (χ0n) is 11.0. The molecule has 0 aromatic heterocycles. The lowest BCUT2D eigenvalue weighted by Crippen LogP contribution is -2.15. The number of benzene rings is 1. The van der Waals surface area contributed by atoms with E-state index < -0.39 is 5.97 Å². The molecule has 0 spiro atoms. The van der Waals surface area contributed by atoms with Crippen LogP contribution in [0.4, 0.5) is 0 Å². The number of carbonyl (C=O) groups is 1. The van der Waals surface area contributed by atoms with Crippen LogP contribution < -0.4 is 4.74 Å².